The highest BCUT2D eigenvalue weighted by atomic mass is 16.5. The van der Waals surface area contributed by atoms with Crippen molar-refractivity contribution in [2.75, 3.05) is 20.8 Å². The van der Waals surface area contributed by atoms with E-state index in [1.807, 2.05) is 32.0 Å². The molecule has 5 heteroatoms. The van der Waals surface area contributed by atoms with Gasteiger partial charge in [0, 0.05) is 17.6 Å². The molecule has 1 rings (SSSR count). The van der Waals surface area contributed by atoms with Crippen LogP contribution >= 0.6 is 0 Å². The summed E-state index contributed by atoms with van der Waals surface area (Å²) in [5, 5.41) is 8.99. The molecule has 0 heterocycles. The molecule has 118 valence electrons. The molecule has 2 atom stereocenters. The van der Waals surface area contributed by atoms with Gasteiger partial charge in [-0.25, -0.2) is 0 Å². The van der Waals surface area contributed by atoms with Gasteiger partial charge in [-0.3, -0.25) is 9.69 Å². The molecule has 0 radical (unpaired) electrons. The highest BCUT2D eigenvalue weighted by molar-refractivity contribution is 5.67. The number of ether oxygens (including phenoxy) is 2. The van der Waals surface area contributed by atoms with Crippen molar-refractivity contribution in [2.24, 2.45) is 0 Å². The fourth-order valence-corrected chi connectivity index (χ4v) is 2.68. The molecule has 0 spiro atoms. The van der Waals surface area contributed by atoms with E-state index in [1.165, 1.54) is 0 Å². The number of nitrogens with zero attached hydrogens (tertiary/aromatic N) is 1. The molecule has 0 aliphatic rings. The summed E-state index contributed by atoms with van der Waals surface area (Å²) in [4.78, 5) is 13.1. The van der Waals surface area contributed by atoms with E-state index in [0.29, 0.717) is 0 Å². The zero-order chi connectivity index (χ0) is 16.0. The van der Waals surface area contributed by atoms with E-state index in [2.05, 4.69) is 11.8 Å². The first-order chi connectivity index (χ1) is 9.94. The normalized spacial score (nSPS) is 13.8. The fraction of sp³-hybridized carbons (Fsp3) is 0.562. The molecular weight excluding hydrogens is 270 g/mol. The quantitative estimate of drug-likeness (QED) is 0.799. The number of benzene rings is 1. The summed E-state index contributed by atoms with van der Waals surface area (Å²) in [6.45, 7) is 6.78. The van der Waals surface area contributed by atoms with Gasteiger partial charge in [0.05, 0.1) is 20.6 Å². The van der Waals surface area contributed by atoms with Gasteiger partial charge in [0.15, 0.2) is 0 Å². The van der Waals surface area contributed by atoms with Crippen molar-refractivity contribution in [3.05, 3.63) is 23.8 Å². The Hall–Kier alpha value is -1.75. The lowest BCUT2D eigenvalue weighted by molar-refractivity contribution is -0.138. The van der Waals surface area contributed by atoms with Crippen LogP contribution < -0.4 is 9.47 Å². The van der Waals surface area contributed by atoms with Crippen LogP contribution in [0.1, 0.15) is 38.8 Å². The predicted molar refractivity (Wildman–Crippen MR) is 82.1 cm³/mol. The number of methoxy groups -OCH3 is 2. The number of aliphatic carboxylic acids is 1. The third kappa shape index (κ3) is 4.36. The van der Waals surface area contributed by atoms with Gasteiger partial charge in [-0.1, -0.05) is 6.92 Å². The predicted octanol–water partition coefficient (Wildman–Crippen LogP) is 2.95. The summed E-state index contributed by atoms with van der Waals surface area (Å²) in [6, 6.07) is 5.65. The molecule has 2 unspecified atom stereocenters. The molecule has 0 aliphatic heterocycles. The van der Waals surface area contributed by atoms with Crippen molar-refractivity contribution in [2.45, 2.75) is 39.3 Å². The fourth-order valence-electron chi connectivity index (χ4n) is 2.68. The summed E-state index contributed by atoms with van der Waals surface area (Å²) < 4.78 is 10.7. The Labute approximate surface area is 126 Å². The lowest BCUT2D eigenvalue weighted by Crippen LogP contribution is -2.36. The third-order valence-corrected chi connectivity index (χ3v) is 3.79. The third-order valence-electron chi connectivity index (χ3n) is 3.79. The Bertz CT molecular complexity index is 475. The van der Waals surface area contributed by atoms with Crippen LogP contribution in [-0.4, -0.2) is 42.8 Å². The summed E-state index contributed by atoms with van der Waals surface area (Å²) in [5.74, 6) is 0.759. The standard InChI is InChI=1S/C16H25NO4/c1-6-17(11(2)9-16(18)19)12(3)14-10-13(20-4)7-8-15(14)21-5/h7-8,10-12H,6,9H2,1-5H3,(H,18,19). The number of carboxylic acids is 1. The van der Waals surface area contributed by atoms with Crippen LogP contribution in [0.4, 0.5) is 0 Å². The van der Waals surface area contributed by atoms with Crippen molar-refractivity contribution in [3.8, 4) is 11.5 Å². The Morgan fingerprint density at radius 2 is 1.95 bits per heavy atom. The summed E-state index contributed by atoms with van der Waals surface area (Å²) >= 11 is 0. The van der Waals surface area contributed by atoms with Gasteiger partial charge in [-0.2, -0.15) is 0 Å². The first-order valence-corrected chi connectivity index (χ1v) is 7.14. The molecule has 1 N–H and O–H groups in total. The average Bonchev–Trinajstić information content (AvgIpc) is 2.46. The minimum Gasteiger partial charge on any atom is -0.497 e. The number of carboxylic acid groups (broad SMARTS) is 1. The topological polar surface area (TPSA) is 59.0 Å². The van der Waals surface area contributed by atoms with E-state index in [1.54, 1.807) is 14.2 Å². The average molecular weight is 295 g/mol. The molecule has 21 heavy (non-hydrogen) atoms. The van der Waals surface area contributed by atoms with Crippen molar-refractivity contribution in [1.82, 2.24) is 4.90 Å². The number of hydrogen-bond acceptors (Lipinski definition) is 4. The maximum absolute atomic E-state index is 10.9. The molecule has 1 aromatic carbocycles. The number of rotatable bonds is 8. The van der Waals surface area contributed by atoms with E-state index in [0.717, 1.165) is 23.6 Å². The van der Waals surface area contributed by atoms with Gasteiger partial charge in [-0.15, -0.1) is 0 Å². The summed E-state index contributed by atoms with van der Waals surface area (Å²) in [7, 11) is 3.26. The smallest absolute Gasteiger partial charge is 0.304 e. The highest BCUT2D eigenvalue weighted by Gasteiger charge is 2.24. The molecule has 0 amide bonds. The molecule has 0 bridgehead atoms. The van der Waals surface area contributed by atoms with Crippen LogP contribution in [0.25, 0.3) is 0 Å². The molecule has 5 nitrogen and oxygen atoms in total. The van der Waals surface area contributed by atoms with Crippen molar-refractivity contribution in [1.29, 1.82) is 0 Å². The first kappa shape index (κ1) is 17.3. The van der Waals surface area contributed by atoms with E-state index in [4.69, 9.17) is 14.6 Å². The minimum absolute atomic E-state index is 0.0365. The van der Waals surface area contributed by atoms with E-state index >= 15 is 0 Å². The monoisotopic (exact) mass is 295 g/mol. The van der Waals surface area contributed by atoms with Crippen LogP contribution in [-0.2, 0) is 4.79 Å². The lowest BCUT2D eigenvalue weighted by atomic mass is 10.0. The second kappa shape index (κ2) is 7.88. The molecule has 0 saturated heterocycles. The number of hydrogen-bond donors (Lipinski definition) is 1. The second-order valence-corrected chi connectivity index (χ2v) is 5.06. The van der Waals surface area contributed by atoms with Gasteiger partial charge in [0.1, 0.15) is 11.5 Å². The zero-order valence-electron chi connectivity index (χ0n) is 13.4. The summed E-state index contributed by atoms with van der Waals surface area (Å²) in [5.41, 5.74) is 0.996. The maximum Gasteiger partial charge on any atom is 0.304 e. The van der Waals surface area contributed by atoms with Gasteiger partial charge in [0.25, 0.3) is 0 Å². The van der Waals surface area contributed by atoms with Crippen molar-refractivity contribution in [3.63, 3.8) is 0 Å². The van der Waals surface area contributed by atoms with Crippen LogP contribution in [0.2, 0.25) is 0 Å². The first-order valence-electron chi connectivity index (χ1n) is 7.14. The molecular formula is C16H25NO4. The molecule has 0 aromatic heterocycles. The van der Waals surface area contributed by atoms with Crippen LogP contribution in [0.5, 0.6) is 11.5 Å². The largest absolute Gasteiger partial charge is 0.497 e. The van der Waals surface area contributed by atoms with Crippen LogP contribution in [0, 0.1) is 0 Å². The van der Waals surface area contributed by atoms with E-state index < -0.39 is 5.97 Å². The molecule has 0 aliphatic carbocycles. The molecule has 0 saturated carbocycles. The van der Waals surface area contributed by atoms with Gasteiger partial charge in [0.2, 0.25) is 0 Å². The lowest BCUT2D eigenvalue weighted by Gasteiger charge is -2.34. The highest BCUT2D eigenvalue weighted by Crippen LogP contribution is 2.33. The maximum atomic E-state index is 10.9. The Morgan fingerprint density at radius 3 is 2.43 bits per heavy atom. The van der Waals surface area contributed by atoms with Crippen molar-refractivity contribution < 1.29 is 19.4 Å². The zero-order valence-corrected chi connectivity index (χ0v) is 13.4. The minimum atomic E-state index is -0.786. The van der Waals surface area contributed by atoms with Crippen molar-refractivity contribution >= 4 is 5.97 Å². The Kier molecular flexibility index (Phi) is 6.49. The second-order valence-electron chi connectivity index (χ2n) is 5.06. The number of carbonyl (C=O) groups is 1. The van der Waals surface area contributed by atoms with Gasteiger partial charge in [-0.05, 0) is 38.6 Å². The van der Waals surface area contributed by atoms with Gasteiger partial charge < -0.3 is 14.6 Å². The van der Waals surface area contributed by atoms with Crippen LogP contribution in [0.3, 0.4) is 0 Å². The SMILES string of the molecule is CCN(C(C)CC(=O)O)C(C)c1cc(OC)ccc1OC. The Balaban J connectivity index is 3.08. The van der Waals surface area contributed by atoms with Crippen LogP contribution in [0.15, 0.2) is 18.2 Å². The van der Waals surface area contributed by atoms with E-state index in [9.17, 15) is 4.79 Å². The van der Waals surface area contributed by atoms with E-state index in [-0.39, 0.29) is 18.5 Å². The Morgan fingerprint density at radius 1 is 1.29 bits per heavy atom. The molecule has 1 aromatic rings. The summed E-state index contributed by atoms with van der Waals surface area (Å²) in [6.07, 6.45) is 0.116. The molecule has 0 fully saturated rings. The van der Waals surface area contributed by atoms with Gasteiger partial charge >= 0.3 is 5.97 Å².